The van der Waals surface area contributed by atoms with Crippen molar-refractivity contribution in [2.75, 3.05) is 6.54 Å². The van der Waals surface area contributed by atoms with Crippen LogP contribution in [0.2, 0.25) is 5.02 Å². The molecule has 3 rings (SSSR count). The number of hydrogen-bond donors (Lipinski definition) is 4. The summed E-state index contributed by atoms with van der Waals surface area (Å²) in [5.74, 6) is -2.04. The molecule has 1 saturated heterocycles. The lowest BCUT2D eigenvalue weighted by Crippen LogP contribution is -2.54. The van der Waals surface area contributed by atoms with Crippen molar-refractivity contribution >= 4 is 35.4 Å². The Morgan fingerprint density at radius 2 is 1.97 bits per heavy atom. The Kier molecular flexibility index (Phi) is 5.68. The van der Waals surface area contributed by atoms with Gasteiger partial charge < -0.3 is 10.4 Å². The molecule has 2 aliphatic rings. The number of phenols is 1. The van der Waals surface area contributed by atoms with E-state index < -0.39 is 35.8 Å². The average Bonchev–Trinajstić information content (AvgIpc) is 2.83. The summed E-state index contributed by atoms with van der Waals surface area (Å²) in [5.41, 5.74) is 3.03. The third-order valence-corrected chi connectivity index (χ3v) is 5.68. The van der Waals surface area contributed by atoms with Gasteiger partial charge in [0.25, 0.3) is 17.7 Å². The Balaban J connectivity index is 1.63. The zero-order chi connectivity index (χ0) is 22.3. The van der Waals surface area contributed by atoms with Gasteiger partial charge in [-0.15, -0.1) is 0 Å². The van der Waals surface area contributed by atoms with E-state index in [0.29, 0.717) is 12.8 Å². The van der Waals surface area contributed by atoms with Crippen LogP contribution in [0.15, 0.2) is 18.2 Å². The second-order valence-corrected chi connectivity index (χ2v) is 9.36. The Morgan fingerprint density at radius 1 is 1.27 bits per heavy atom. The van der Waals surface area contributed by atoms with Gasteiger partial charge in [0, 0.05) is 5.02 Å². The molecular weight excluding hydrogens is 412 g/mol. The van der Waals surface area contributed by atoms with E-state index in [0.717, 1.165) is 11.3 Å². The molecule has 30 heavy (non-hydrogen) atoms. The standard InChI is InChI=1S/C20H25ClN4O5/c1-11-7-19(2,3)10-20(8-11)17(29)25(18(30)22-20)9-15(27)23-24-16(28)13-6-12(21)4-5-14(13)26/h4-6,11,26H,7-10H2,1-3H3,(H,22,30)(H,23,27)(H,24,28). The highest BCUT2D eigenvalue weighted by Gasteiger charge is 2.56. The Labute approximate surface area is 179 Å². The number of hydrazine groups is 1. The SMILES string of the molecule is CC1CC(C)(C)CC2(C1)NC(=O)N(CC(=O)NNC(=O)c1cc(Cl)ccc1O)C2=O. The molecule has 1 spiro atoms. The zero-order valence-corrected chi connectivity index (χ0v) is 17.8. The van der Waals surface area contributed by atoms with Crippen LogP contribution < -0.4 is 16.2 Å². The molecule has 4 N–H and O–H groups in total. The second-order valence-electron chi connectivity index (χ2n) is 8.92. The zero-order valence-electron chi connectivity index (χ0n) is 17.0. The fourth-order valence-corrected chi connectivity index (χ4v) is 4.89. The Bertz CT molecular complexity index is 918. The normalized spacial score (nSPS) is 25.2. The molecule has 162 valence electrons. The van der Waals surface area contributed by atoms with Gasteiger partial charge in [0.15, 0.2) is 0 Å². The summed E-state index contributed by atoms with van der Waals surface area (Å²) < 4.78 is 0. The number of carbonyl (C=O) groups excluding carboxylic acids is 4. The smallest absolute Gasteiger partial charge is 0.325 e. The molecule has 2 fully saturated rings. The van der Waals surface area contributed by atoms with Crippen molar-refractivity contribution < 1.29 is 24.3 Å². The van der Waals surface area contributed by atoms with Gasteiger partial charge in [0.05, 0.1) is 5.56 Å². The number of benzene rings is 1. The van der Waals surface area contributed by atoms with E-state index in [1.165, 1.54) is 18.2 Å². The first kappa shape index (κ1) is 21.9. The maximum absolute atomic E-state index is 13.0. The summed E-state index contributed by atoms with van der Waals surface area (Å²) >= 11 is 5.80. The fraction of sp³-hybridized carbons (Fsp3) is 0.500. The van der Waals surface area contributed by atoms with Crippen LogP contribution in [0.25, 0.3) is 0 Å². The van der Waals surface area contributed by atoms with Crippen molar-refractivity contribution in [3.63, 3.8) is 0 Å². The van der Waals surface area contributed by atoms with Crippen LogP contribution in [0.1, 0.15) is 50.4 Å². The van der Waals surface area contributed by atoms with Crippen molar-refractivity contribution in [1.29, 1.82) is 0 Å². The second kappa shape index (κ2) is 7.79. The van der Waals surface area contributed by atoms with E-state index in [1.54, 1.807) is 0 Å². The lowest BCUT2D eigenvalue weighted by atomic mass is 9.64. The maximum atomic E-state index is 13.0. The number of halogens is 1. The summed E-state index contributed by atoms with van der Waals surface area (Å²) in [6.07, 6.45) is 1.96. The van der Waals surface area contributed by atoms with Gasteiger partial charge >= 0.3 is 6.03 Å². The van der Waals surface area contributed by atoms with Crippen LogP contribution >= 0.6 is 11.6 Å². The Morgan fingerprint density at radius 3 is 2.63 bits per heavy atom. The van der Waals surface area contributed by atoms with E-state index >= 15 is 0 Å². The van der Waals surface area contributed by atoms with Crippen LogP contribution in [-0.2, 0) is 9.59 Å². The van der Waals surface area contributed by atoms with E-state index in [2.05, 4.69) is 30.0 Å². The highest BCUT2D eigenvalue weighted by molar-refractivity contribution is 6.31. The summed E-state index contributed by atoms with van der Waals surface area (Å²) in [4.78, 5) is 50.7. The molecular formula is C20H25ClN4O5. The quantitative estimate of drug-likeness (QED) is 0.425. The van der Waals surface area contributed by atoms with Gasteiger partial charge in [-0.3, -0.25) is 30.1 Å². The van der Waals surface area contributed by atoms with Gasteiger partial charge in [0.1, 0.15) is 17.8 Å². The number of imide groups is 1. The minimum atomic E-state index is -1.01. The van der Waals surface area contributed by atoms with Crippen LogP contribution in [0, 0.1) is 11.3 Å². The monoisotopic (exact) mass is 436 g/mol. The van der Waals surface area contributed by atoms with E-state index in [9.17, 15) is 24.3 Å². The Hall–Kier alpha value is -2.81. The summed E-state index contributed by atoms with van der Waals surface area (Å²) in [6.45, 7) is 5.61. The number of nitrogens with one attached hydrogen (secondary N) is 3. The molecule has 10 heteroatoms. The fourth-order valence-electron chi connectivity index (χ4n) is 4.72. The van der Waals surface area contributed by atoms with E-state index in [1.807, 2.05) is 6.92 Å². The predicted molar refractivity (Wildman–Crippen MR) is 108 cm³/mol. The van der Waals surface area contributed by atoms with Gasteiger partial charge in [-0.25, -0.2) is 4.79 Å². The lowest BCUT2D eigenvalue weighted by molar-refractivity contribution is -0.137. The molecule has 2 atom stereocenters. The van der Waals surface area contributed by atoms with Gasteiger partial charge in [0.2, 0.25) is 0 Å². The highest BCUT2D eigenvalue weighted by Crippen LogP contribution is 2.46. The first-order valence-corrected chi connectivity index (χ1v) is 10.0. The molecule has 1 aromatic rings. The van der Waals surface area contributed by atoms with Gasteiger partial charge in [-0.2, -0.15) is 0 Å². The van der Waals surface area contributed by atoms with E-state index in [4.69, 9.17) is 11.6 Å². The number of rotatable bonds is 3. The molecule has 1 aliphatic heterocycles. The molecule has 0 radical (unpaired) electrons. The van der Waals surface area contributed by atoms with Crippen LogP contribution in [-0.4, -0.2) is 45.8 Å². The predicted octanol–water partition coefficient (Wildman–Crippen LogP) is 1.94. The maximum Gasteiger partial charge on any atom is 0.325 e. The van der Waals surface area contributed by atoms with Crippen molar-refractivity contribution in [3.05, 3.63) is 28.8 Å². The van der Waals surface area contributed by atoms with Gasteiger partial charge in [-0.1, -0.05) is 32.4 Å². The summed E-state index contributed by atoms with van der Waals surface area (Å²) in [5, 5.41) is 12.8. The third-order valence-electron chi connectivity index (χ3n) is 5.44. The minimum absolute atomic E-state index is 0.119. The highest BCUT2D eigenvalue weighted by atomic mass is 35.5. The topological polar surface area (TPSA) is 128 Å². The van der Waals surface area contributed by atoms with Crippen molar-refractivity contribution in [3.8, 4) is 5.75 Å². The molecule has 5 amide bonds. The largest absolute Gasteiger partial charge is 0.507 e. The van der Waals surface area contributed by atoms with Crippen molar-refractivity contribution in [2.24, 2.45) is 11.3 Å². The van der Waals surface area contributed by atoms with E-state index in [-0.39, 0.29) is 27.7 Å². The van der Waals surface area contributed by atoms with Crippen LogP contribution in [0.3, 0.4) is 0 Å². The first-order valence-electron chi connectivity index (χ1n) is 9.64. The molecule has 1 saturated carbocycles. The summed E-state index contributed by atoms with van der Waals surface area (Å²) in [7, 11) is 0. The number of nitrogens with zero attached hydrogens (tertiary/aromatic N) is 1. The number of phenolic OH excluding ortho intramolecular Hbond substituents is 1. The number of urea groups is 1. The average molecular weight is 437 g/mol. The molecule has 0 aromatic heterocycles. The molecule has 2 unspecified atom stereocenters. The first-order chi connectivity index (χ1) is 13.9. The summed E-state index contributed by atoms with van der Waals surface area (Å²) in [6, 6.07) is 3.27. The lowest BCUT2D eigenvalue weighted by Gasteiger charge is -2.43. The molecule has 1 aromatic carbocycles. The van der Waals surface area contributed by atoms with Gasteiger partial charge in [-0.05, 0) is 48.8 Å². The third kappa shape index (κ3) is 4.35. The number of carbonyl (C=O) groups is 4. The molecule has 1 aliphatic carbocycles. The molecule has 9 nitrogen and oxygen atoms in total. The number of amides is 5. The van der Waals surface area contributed by atoms with Crippen LogP contribution in [0.5, 0.6) is 5.75 Å². The molecule has 0 bridgehead atoms. The van der Waals surface area contributed by atoms with Crippen LogP contribution in [0.4, 0.5) is 4.79 Å². The molecule has 1 heterocycles. The number of aromatic hydroxyl groups is 1. The minimum Gasteiger partial charge on any atom is -0.507 e. The van der Waals surface area contributed by atoms with Crippen molar-refractivity contribution in [1.82, 2.24) is 21.1 Å². The number of hydrogen-bond acceptors (Lipinski definition) is 5. The van der Waals surface area contributed by atoms with Crippen molar-refractivity contribution in [2.45, 2.75) is 45.6 Å².